The van der Waals surface area contributed by atoms with Crippen LogP contribution in [0.3, 0.4) is 0 Å². The molecule has 0 radical (unpaired) electrons. The topological polar surface area (TPSA) is 78.8 Å². The van der Waals surface area contributed by atoms with E-state index in [-0.39, 0.29) is 11.3 Å². The predicted molar refractivity (Wildman–Crippen MR) is 85.8 cm³/mol. The number of nitriles is 1. The molecule has 0 aliphatic carbocycles. The Morgan fingerprint density at radius 2 is 1.88 bits per heavy atom. The molecule has 0 saturated carbocycles. The van der Waals surface area contributed by atoms with E-state index in [0.29, 0.717) is 22.4 Å². The van der Waals surface area contributed by atoms with E-state index >= 15 is 0 Å². The zero-order valence-electron chi connectivity index (χ0n) is 13.4. The van der Waals surface area contributed by atoms with Gasteiger partial charge in [-0.3, -0.25) is 4.79 Å². The zero-order chi connectivity index (χ0) is 17.9. The van der Waals surface area contributed by atoms with Gasteiger partial charge in [0.1, 0.15) is 17.4 Å². The average Bonchev–Trinajstić information content (AvgIpc) is 2.50. The summed E-state index contributed by atoms with van der Waals surface area (Å²) in [4.78, 5) is 11.5. The minimum Gasteiger partial charge on any atom is -0.434 e. The van der Waals surface area contributed by atoms with Crippen LogP contribution in [-0.2, 0) is 0 Å². The monoisotopic (exact) mass is 331 g/mol. The van der Waals surface area contributed by atoms with Crippen molar-refractivity contribution in [3.05, 3.63) is 56.0 Å². The third-order valence-corrected chi connectivity index (χ3v) is 3.50. The smallest absolute Gasteiger partial charge is 0.387 e. The normalized spacial score (nSPS) is 11.0. The maximum absolute atomic E-state index is 12.4. The summed E-state index contributed by atoms with van der Waals surface area (Å²) in [6.45, 7) is 2.12. The number of aromatic nitrogens is 2. The molecule has 1 heterocycles. The van der Waals surface area contributed by atoms with Gasteiger partial charge in [0.05, 0.1) is 5.69 Å². The molecule has 0 fully saturated rings. The summed E-state index contributed by atoms with van der Waals surface area (Å²) in [5, 5.41) is 15.2. The van der Waals surface area contributed by atoms with Crippen LogP contribution in [0.15, 0.2) is 16.9 Å². The summed E-state index contributed by atoms with van der Waals surface area (Å²) >= 11 is 0. The van der Waals surface area contributed by atoms with E-state index in [1.807, 2.05) is 6.07 Å². The van der Waals surface area contributed by atoms with Crippen LogP contribution in [-0.4, -0.2) is 16.8 Å². The summed E-state index contributed by atoms with van der Waals surface area (Å²) in [6.07, 6.45) is 3.37. The van der Waals surface area contributed by atoms with Gasteiger partial charge in [-0.15, -0.1) is 0 Å². The maximum Gasteiger partial charge on any atom is 0.387 e. The summed E-state index contributed by atoms with van der Waals surface area (Å²) in [5.41, 5.74) is 2.33. The highest BCUT2D eigenvalue weighted by atomic mass is 19.3. The number of aryl methyl sites for hydroxylation is 2. The number of hydrogen-bond donors (Lipinski definition) is 1. The van der Waals surface area contributed by atoms with Gasteiger partial charge in [-0.1, -0.05) is 6.08 Å². The van der Waals surface area contributed by atoms with E-state index in [9.17, 15) is 13.6 Å². The van der Waals surface area contributed by atoms with E-state index in [4.69, 9.17) is 5.26 Å². The number of ether oxygens (including phenoxy) is 1. The van der Waals surface area contributed by atoms with E-state index < -0.39 is 12.2 Å². The van der Waals surface area contributed by atoms with Gasteiger partial charge in [-0.2, -0.15) is 19.1 Å². The Hall–Kier alpha value is -3.01. The molecule has 2 rings (SSSR count). The summed E-state index contributed by atoms with van der Waals surface area (Å²) in [7, 11) is 0. The molecule has 0 amide bonds. The first-order chi connectivity index (χ1) is 11.3. The van der Waals surface area contributed by atoms with Gasteiger partial charge in [0.15, 0.2) is 0 Å². The van der Waals surface area contributed by atoms with Gasteiger partial charge in [-0.25, -0.2) is 5.10 Å². The largest absolute Gasteiger partial charge is 0.434 e. The second-order valence-corrected chi connectivity index (χ2v) is 5.25. The third kappa shape index (κ3) is 3.66. The molecule has 24 heavy (non-hydrogen) atoms. The molecule has 0 aliphatic heterocycles. The molecule has 124 valence electrons. The molecule has 7 heteroatoms. The van der Waals surface area contributed by atoms with Crippen LogP contribution in [0.4, 0.5) is 8.78 Å². The van der Waals surface area contributed by atoms with Gasteiger partial charge in [0.2, 0.25) is 0 Å². The first-order valence-corrected chi connectivity index (χ1v) is 7.07. The van der Waals surface area contributed by atoms with Gasteiger partial charge >= 0.3 is 6.61 Å². The Bertz CT molecular complexity index is 873. The Morgan fingerprint density at radius 3 is 2.42 bits per heavy atom. The molecular formula is C17H15F2N3O2. The second-order valence-electron chi connectivity index (χ2n) is 5.25. The van der Waals surface area contributed by atoms with Crippen molar-refractivity contribution in [3.63, 3.8) is 0 Å². The molecule has 0 bridgehead atoms. The Balaban J connectivity index is 2.37. The number of nitrogens with zero attached hydrogens (tertiary/aromatic N) is 2. The van der Waals surface area contributed by atoms with Crippen LogP contribution < -0.4 is 10.3 Å². The zero-order valence-corrected chi connectivity index (χ0v) is 13.4. The van der Waals surface area contributed by atoms with Gasteiger partial charge < -0.3 is 4.74 Å². The van der Waals surface area contributed by atoms with E-state index in [1.165, 1.54) is 0 Å². The molecule has 0 atom stereocenters. The van der Waals surface area contributed by atoms with E-state index in [0.717, 1.165) is 5.56 Å². The Morgan fingerprint density at radius 1 is 1.25 bits per heavy atom. The van der Waals surface area contributed by atoms with Crippen LogP contribution >= 0.6 is 0 Å². The third-order valence-electron chi connectivity index (χ3n) is 3.50. The van der Waals surface area contributed by atoms with Crippen LogP contribution in [0.25, 0.3) is 12.2 Å². The SMILES string of the molecule is Cc1cc(/C=C/c2n[nH]c(=O)c(C#N)c2C)cc(C)c1OC(F)F. The average molecular weight is 331 g/mol. The summed E-state index contributed by atoms with van der Waals surface area (Å²) in [5.74, 6) is 0.160. The van der Waals surface area contributed by atoms with Crippen molar-refractivity contribution >= 4 is 12.2 Å². The molecule has 1 N–H and O–H groups in total. The van der Waals surface area contributed by atoms with E-state index in [2.05, 4.69) is 14.9 Å². The Labute approximate surface area is 137 Å². The van der Waals surface area contributed by atoms with Crippen LogP contribution in [0, 0.1) is 32.1 Å². The predicted octanol–water partition coefficient (Wildman–Crippen LogP) is 3.34. The second kappa shape index (κ2) is 7.04. The first-order valence-electron chi connectivity index (χ1n) is 7.07. The van der Waals surface area contributed by atoms with E-state index in [1.54, 1.807) is 45.1 Å². The molecule has 0 unspecified atom stereocenters. The highest BCUT2D eigenvalue weighted by Crippen LogP contribution is 2.27. The maximum atomic E-state index is 12.4. The Kier molecular flexibility index (Phi) is 5.09. The number of benzene rings is 1. The lowest BCUT2D eigenvalue weighted by atomic mass is 10.0. The number of nitrogens with one attached hydrogen (secondary N) is 1. The quantitative estimate of drug-likeness (QED) is 0.932. The lowest BCUT2D eigenvalue weighted by molar-refractivity contribution is -0.0507. The number of alkyl halides is 2. The van der Waals surface area contributed by atoms with Crippen molar-refractivity contribution < 1.29 is 13.5 Å². The van der Waals surface area contributed by atoms with Gasteiger partial charge in [-0.05, 0) is 61.2 Å². The van der Waals surface area contributed by atoms with Gasteiger partial charge in [0.25, 0.3) is 5.56 Å². The molecule has 1 aromatic heterocycles. The number of halogens is 2. The minimum absolute atomic E-state index is 0.0118. The fourth-order valence-corrected chi connectivity index (χ4v) is 2.38. The molecule has 2 aromatic rings. The number of rotatable bonds is 4. The lowest BCUT2D eigenvalue weighted by Gasteiger charge is -2.12. The number of H-pyrrole nitrogens is 1. The molecular weight excluding hydrogens is 316 g/mol. The highest BCUT2D eigenvalue weighted by molar-refractivity contribution is 5.71. The molecule has 1 aromatic carbocycles. The number of aromatic amines is 1. The van der Waals surface area contributed by atoms with Crippen LogP contribution in [0.5, 0.6) is 5.75 Å². The van der Waals surface area contributed by atoms with Crippen molar-refractivity contribution in [2.45, 2.75) is 27.4 Å². The summed E-state index contributed by atoms with van der Waals surface area (Å²) in [6, 6.07) is 5.24. The highest BCUT2D eigenvalue weighted by Gasteiger charge is 2.11. The van der Waals surface area contributed by atoms with Crippen molar-refractivity contribution in [2.24, 2.45) is 0 Å². The number of hydrogen-bond acceptors (Lipinski definition) is 4. The van der Waals surface area contributed by atoms with Crippen molar-refractivity contribution in [1.82, 2.24) is 10.2 Å². The van der Waals surface area contributed by atoms with Crippen LogP contribution in [0.2, 0.25) is 0 Å². The minimum atomic E-state index is -2.87. The fourth-order valence-electron chi connectivity index (χ4n) is 2.38. The van der Waals surface area contributed by atoms with Crippen LogP contribution in [0.1, 0.15) is 33.5 Å². The standard InChI is InChI=1S/C17H15F2N3O2/c1-9-6-12(7-10(2)15(9)24-17(18)19)4-5-14-11(3)13(8-20)16(23)22-21-14/h4-7,17H,1-3H3,(H,22,23)/b5-4+. The lowest BCUT2D eigenvalue weighted by Crippen LogP contribution is -2.15. The fraction of sp³-hybridized carbons (Fsp3) is 0.235. The van der Waals surface area contributed by atoms with Gasteiger partial charge in [0, 0.05) is 0 Å². The molecule has 0 aliphatic rings. The van der Waals surface area contributed by atoms with Crippen molar-refractivity contribution in [2.75, 3.05) is 0 Å². The van der Waals surface area contributed by atoms with Crippen molar-refractivity contribution in [3.8, 4) is 11.8 Å². The summed E-state index contributed by atoms with van der Waals surface area (Å²) < 4.78 is 29.3. The molecule has 0 spiro atoms. The first kappa shape index (κ1) is 17.3. The van der Waals surface area contributed by atoms with Crippen molar-refractivity contribution in [1.29, 1.82) is 5.26 Å². The molecule has 5 nitrogen and oxygen atoms in total. The molecule has 0 saturated heterocycles.